The van der Waals surface area contributed by atoms with E-state index < -0.39 is 0 Å². The lowest BCUT2D eigenvalue weighted by atomic mass is 10.1. The van der Waals surface area contributed by atoms with Gasteiger partial charge >= 0.3 is 0 Å². The van der Waals surface area contributed by atoms with E-state index in [2.05, 4.69) is 15.0 Å². The molecule has 18 heavy (non-hydrogen) atoms. The minimum Gasteiger partial charge on any atom is -0.398 e. The third-order valence-corrected chi connectivity index (χ3v) is 2.81. The van der Waals surface area contributed by atoms with Gasteiger partial charge in [0.2, 0.25) is 0 Å². The van der Waals surface area contributed by atoms with Crippen LogP contribution in [0.1, 0.15) is 11.4 Å². The number of aromatic nitrogens is 2. The highest BCUT2D eigenvalue weighted by Crippen LogP contribution is 2.26. The van der Waals surface area contributed by atoms with Crippen molar-refractivity contribution in [2.24, 2.45) is 0 Å². The van der Waals surface area contributed by atoms with E-state index in [1.54, 1.807) is 0 Å². The first-order valence-corrected chi connectivity index (χ1v) is 5.90. The smallest absolute Gasteiger partial charge is 0.260 e. The van der Waals surface area contributed by atoms with Crippen LogP contribution in [-0.2, 0) is 6.42 Å². The lowest BCUT2D eigenvalue weighted by Gasteiger charge is -2.05. The Morgan fingerprint density at radius 1 is 1.33 bits per heavy atom. The summed E-state index contributed by atoms with van der Waals surface area (Å²) in [6.07, 6.45) is 0.766. The van der Waals surface area contributed by atoms with E-state index in [0.29, 0.717) is 17.4 Å². The predicted molar refractivity (Wildman–Crippen MR) is 71.1 cm³/mol. The molecule has 5 nitrogen and oxygen atoms in total. The van der Waals surface area contributed by atoms with Crippen LogP contribution in [-0.4, -0.2) is 35.7 Å². The predicted octanol–water partition coefficient (Wildman–Crippen LogP) is 1.73. The zero-order valence-electron chi connectivity index (χ0n) is 11.0. The van der Waals surface area contributed by atoms with Gasteiger partial charge in [-0.25, -0.2) is 0 Å². The van der Waals surface area contributed by atoms with Crippen molar-refractivity contribution >= 4 is 5.69 Å². The molecule has 0 bridgehead atoms. The molecule has 0 atom stereocenters. The fourth-order valence-corrected chi connectivity index (χ4v) is 1.66. The Labute approximate surface area is 107 Å². The van der Waals surface area contributed by atoms with Crippen LogP contribution >= 0.6 is 0 Å². The van der Waals surface area contributed by atoms with E-state index in [0.717, 1.165) is 24.1 Å². The summed E-state index contributed by atoms with van der Waals surface area (Å²) >= 11 is 0. The van der Waals surface area contributed by atoms with Crippen molar-refractivity contribution in [3.8, 4) is 11.5 Å². The summed E-state index contributed by atoms with van der Waals surface area (Å²) in [6.45, 7) is 2.85. The standard InChI is InChI=1S/C13H18N4O/c1-9-5-4-6-10(12(9)14)13-15-11(16-18-13)7-8-17(2)3/h4-6H,7-8,14H2,1-3H3. The Morgan fingerprint density at radius 2 is 2.11 bits per heavy atom. The van der Waals surface area contributed by atoms with Crippen LogP contribution in [0.5, 0.6) is 0 Å². The molecular weight excluding hydrogens is 228 g/mol. The van der Waals surface area contributed by atoms with E-state index in [1.807, 2.05) is 39.2 Å². The maximum absolute atomic E-state index is 6.01. The first-order chi connectivity index (χ1) is 8.58. The van der Waals surface area contributed by atoms with Gasteiger partial charge in [0.15, 0.2) is 5.82 Å². The van der Waals surface area contributed by atoms with Crippen molar-refractivity contribution in [3.63, 3.8) is 0 Å². The number of hydrogen-bond acceptors (Lipinski definition) is 5. The minimum atomic E-state index is 0.491. The number of para-hydroxylation sites is 1. The van der Waals surface area contributed by atoms with Gasteiger partial charge in [0.25, 0.3) is 5.89 Å². The Kier molecular flexibility index (Phi) is 3.62. The molecule has 0 saturated carbocycles. The molecule has 0 aliphatic rings. The molecule has 2 rings (SSSR count). The van der Waals surface area contributed by atoms with E-state index in [1.165, 1.54) is 0 Å². The van der Waals surface area contributed by atoms with Crippen LogP contribution in [0.4, 0.5) is 5.69 Å². The third kappa shape index (κ3) is 2.68. The van der Waals surface area contributed by atoms with Gasteiger partial charge in [0.1, 0.15) is 0 Å². The topological polar surface area (TPSA) is 68.2 Å². The van der Waals surface area contributed by atoms with Crippen LogP contribution in [0.15, 0.2) is 22.7 Å². The van der Waals surface area contributed by atoms with E-state index in [4.69, 9.17) is 10.3 Å². The molecule has 1 aromatic carbocycles. The molecule has 2 aromatic rings. The second-order valence-electron chi connectivity index (χ2n) is 4.61. The second-order valence-corrected chi connectivity index (χ2v) is 4.61. The SMILES string of the molecule is Cc1cccc(-c2nc(CCN(C)C)no2)c1N. The summed E-state index contributed by atoms with van der Waals surface area (Å²) < 4.78 is 5.26. The van der Waals surface area contributed by atoms with Gasteiger partial charge in [0.05, 0.1) is 5.56 Å². The van der Waals surface area contributed by atoms with Crippen LogP contribution in [0.25, 0.3) is 11.5 Å². The number of nitrogen functional groups attached to an aromatic ring is 1. The fraction of sp³-hybridized carbons (Fsp3) is 0.385. The summed E-state index contributed by atoms with van der Waals surface area (Å²) in [5, 5.41) is 3.97. The number of benzene rings is 1. The fourth-order valence-electron chi connectivity index (χ4n) is 1.66. The number of nitrogens with two attached hydrogens (primary N) is 1. The molecule has 0 radical (unpaired) electrons. The van der Waals surface area contributed by atoms with Gasteiger partial charge in [-0.15, -0.1) is 0 Å². The number of hydrogen-bond donors (Lipinski definition) is 1. The summed E-state index contributed by atoms with van der Waals surface area (Å²) in [4.78, 5) is 6.45. The largest absolute Gasteiger partial charge is 0.398 e. The van der Waals surface area contributed by atoms with Crippen molar-refractivity contribution in [1.29, 1.82) is 0 Å². The van der Waals surface area contributed by atoms with E-state index in [9.17, 15) is 0 Å². The van der Waals surface area contributed by atoms with Gasteiger partial charge in [-0.05, 0) is 32.6 Å². The Morgan fingerprint density at radius 3 is 2.83 bits per heavy atom. The Bertz CT molecular complexity index is 534. The first-order valence-electron chi connectivity index (χ1n) is 5.90. The molecule has 96 valence electrons. The maximum atomic E-state index is 6.01. The molecule has 0 aliphatic heterocycles. The van der Waals surface area contributed by atoms with Crippen molar-refractivity contribution in [3.05, 3.63) is 29.6 Å². The maximum Gasteiger partial charge on any atom is 0.260 e. The minimum absolute atomic E-state index is 0.491. The summed E-state index contributed by atoms with van der Waals surface area (Å²) in [5.41, 5.74) is 8.52. The Hall–Kier alpha value is -1.88. The van der Waals surface area contributed by atoms with Crippen molar-refractivity contribution < 1.29 is 4.52 Å². The molecule has 0 fully saturated rings. The van der Waals surface area contributed by atoms with E-state index >= 15 is 0 Å². The number of likely N-dealkylation sites (N-methyl/N-ethyl adjacent to an activating group) is 1. The van der Waals surface area contributed by atoms with Crippen molar-refractivity contribution in [2.45, 2.75) is 13.3 Å². The zero-order valence-corrected chi connectivity index (χ0v) is 11.0. The number of nitrogens with zero attached hydrogens (tertiary/aromatic N) is 3. The van der Waals surface area contributed by atoms with Gasteiger partial charge in [0, 0.05) is 18.7 Å². The summed E-state index contributed by atoms with van der Waals surface area (Å²) in [7, 11) is 4.03. The molecule has 0 saturated heterocycles. The highest BCUT2D eigenvalue weighted by atomic mass is 16.5. The molecule has 0 aliphatic carbocycles. The number of anilines is 1. The summed E-state index contributed by atoms with van der Waals surface area (Å²) in [5.74, 6) is 1.20. The lowest BCUT2D eigenvalue weighted by molar-refractivity contribution is 0.392. The molecule has 2 N–H and O–H groups in total. The first kappa shape index (κ1) is 12.6. The molecular formula is C13H18N4O. The van der Waals surface area contributed by atoms with Crippen LogP contribution in [0.3, 0.4) is 0 Å². The normalized spacial score (nSPS) is 11.1. The average molecular weight is 246 g/mol. The quantitative estimate of drug-likeness (QED) is 0.832. The molecule has 1 aromatic heterocycles. The summed E-state index contributed by atoms with van der Waals surface area (Å²) in [6, 6.07) is 5.79. The molecule has 0 unspecified atom stereocenters. The second kappa shape index (κ2) is 5.18. The van der Waals surface area contributed by atoms with Gasteiger partial charge in [-0.1, -0.05) is 17.3 Å². The monoisotopic (exact) mass is 246 g/mol. The van der Waals surface area contributed by atoms with Crippen LogP contribution < -0.4 is 5.73 Å². The van der Waals surface area contributed by atoms with Crippen molar-refractivity contribution in [2.75, 3.05) is 26.4 Å². The highest BCUT2D eigenvalue weighted by Gasteiger charge is 2.12. The average Bonchev–Trinajstić information content (AvgIpc) is 2.78. The molecule has 0 amide bonds. The van der Waals surface area contributed by atoms with Gasteiger partial charge in [-0.2, -0.15) is 4.98 Å². The number of aryl methyl sites for hydroxylation is 1. The molecule has 0 spiro atoms. The van der Waals surface area contributed by atoms with Crippen LogP contribution in [0, 0.1) is 6.92 Å². The van der Waals surface area contributed by atoms with Gasteiger partial charge in [-0.3, -0.25) is 0 Å². The third-order valence-electron chi connectivity index (χ3n) is 2.81. The lowest BCUT2D eigenvalue weighted by Crippen LogP contribution is -2.15. The Balaban J connectivity index is 2.21. The molecule has 1 heterocycles. The molecule has 5 heteroatoms. The van der Waals surface area contributed by atoms with E-state index in [-0.39, 0.29) is 0 Å². The van der Waals surface area contributed by atoms with Gasteiger partial charge < -0.3 is 15.2 Å². The number of rotatable bonds is 4. The van der Waals surface area contributed by atoms with Crippen molar-refractivity contribution in [1.82, 2.24) is 15.0 Å². The highest BCUT2D eigenvalue weighted by molar-refractivity contribution is 5.72. The zero-order chi connectivity index (χ0) is 13.1. The van der Waals surface area contributed by atoms with Crippen LogP contribution in [0.2, 0.25) is 0 Å².